The molecule has 16 heavy (non-hydrogen) atoms. The Labute approximate surface area is 94.6 Å². The number of rotatable bonds is 2. The molecule has 0 bridgehead atoms. The number of hydrogen-bond donors (Lipinski definition) is 0. The zero-order valence-corrected chi connectivity index (χ0v) is 8.94. The molecule has 0 saturated carbocycles. The first-order chi connectivity index (χ1) is 7.27. The maximum Gasteiger partial charge on any atom is 0.419 e. The number of halogens is 6. The summed E-state index contributed by atoms with van der Waals surface area (Å²) in [7, 11) is 0. The van der Waals surface area contributed by atoms with Crippen molar-refractivity contribution in [2.45, 2.75) is 12.6 Å². The van der Waals surface area contributed by atoms with E-state index in [0.29, 0.717) is 0 Å². The summed E-state index contributed by atoms with van der Waals surface area (Å²) in [5.41, 5.74) is -3.51. The lowest BCUT2D eigenvalue weighted by molar-refractivity contribution is -0.140. The molecule has 1 heterocycles. The zero-order valence-electron chi connectivity index (χ0n) is 7.36. The number of nitrogens with zero attached hydrogens (tertiary/aromatic N) is 1. The van der Waals surface area contributed by atoms with Crippen LogP contribution in [0, 0.1) is 0 Å². The Morgan fingerprint density at radius 1 is 1.38 bits per heavy atom. The maximum atomic E-state index is 12.4. The molecule has 0 aliphatic carbocycles. The van der Waals surface area contributed by atoms with Crippen LogP contribution in [0.3, 0.4) is 0 Å². The van der Waals surface area contributed by atoms with Gasteiger partial charge in [-0.1, -0.05) is 15.9 Å². The summed E-state index contributed by atoms with van der Waals surface area (Å²) < 4.78 is 61.3. The fourth-order valence-electron chi connectivity index (χ4n) is 1.05. The lowest BCUT2D eigenvalue weighted by Crippen LogP contribution is -2.13. The van der Waals surface area contributed by atoms with Gasteiger partial charge in [0.25, 0.3) is 6.43 Å². The van der Waals surface area contributed by atoms with Gasteiger partial charge in [-0.25, -0.2) is 13.8 Å². The van der Waals surface area contributed by atoms with Crippen LogP contribution in [0.15, 0.2) is 10.5 Å². The molecular formula is C8H3BrF5NO. The van der Waals surface area contributed by atoms with E-state index in [9.17, 15) is 26.7 Å². The SMILES string of the molecule is O=Cc1cc(Br)c(C(F)(F)F)c(C(F)F)n1. The predicted molar refractivity (Wildman–Crippen MR) is 47.3 cm³/mol. The number of alkyl halides is 5. The minimum absolute atomic E-state index is 0.0940. The highest BCUT2D eigenvalue weighted by Gasteiger charge is 2.39. The summed E-state index contributed by atoms with van der Waals surface area (Å²) in [4.78, 5) is 13.2. The molecule has 1 aromatic rings. The average molecular weight is 304 g/mol. The Hall–Kier alpha value is -1.05. The van der Waals surface area contributed by atoms with Crippen LogP contribution >= 0.6 is 15.9 Å². The Morgan fingerprint density at radius 2 is 1.94 bits per heavy atom. The molecule has 0 unspecified atom stereocenters. The molecule has 0 amide bonds. The van der Waals surface area contributed by atoms with E-state index in [1.807, 2.05) is 0 Å². The third-order valence-corrected chi connectivity index (χ3v) is 2.26. The standard InChI is InChI=1S/C8H3BrF5NO/c9-4-1-3(2-16)15-6(7(10)11)5(4)8(12,13)14/h1-2,7H. The summed E-state index contributed by atoms with van der Waals surface area (Å²) in [6.45, 7) is 0. The first-order valence-electron chi connectivity index (χ1n) is 3.78. The summed E-state index contributed by atoms with van der Waals surface area (Å²) >= 11 is 2.49. The van der Waals surface area contributed by atoms with E-state index in [4.69, 9.17) is 0 Å². The Bertz CT molecular complexity index is 418. The summed E-state index contributed by atoms with van der Waals surface area (Å²) in [6.07, 6.45) is -8.27. The first kappa shape index (κ1) is 13.0. The fourth-order valence-corrected chi connectivity index (χ4v) is 1.71. The van der Waals surface area contributed by atoms with E-state index >= 15 is 0 Å². The van der Waals surface area contributed by atoms with Crippen molar-refractivity contribution in [3.8, 4) is 0 Å². The normalized spacial score (nSPS) is 11.9. The van der Waals surface area contributed by atoms with E-state index in [1.54, 1.807) is 0 Å². The van der Waals surface area contributed by atoms with Crippen LogP contribution in [0.5, 0.6) is 0 Å². The Balaban J connectivity index is 3.52. The molecule has 0 fully saturated rings. The number of aldehydes is 1. The summed E-state index contributed by atoms with van der Waals surface area (Å²) in [5.74, 6) is 0. The highest BCUT2D eigenvalue weighted by Crippen LogP contribution is 2.39. The molecule has 0 atom stereocenters. The van der Waals surface area contributed by atoms with Gasteiger partial charge in [-0.2, -0.15) is 13.2 Å². The number of aromatic nitrogens is 1. The van der Waals surface area contributed by atoms with Crippen LogP contribution in [0.4, 0.5) is 22.0 Å². The van der Waals surface area contributed by atoms with Gasteiger partial charge in [-0.05, 0) is 6.07 Å². The molecule has 0 spiro atoms. The zero-order chi connectivity index (χ0) is 12.5. The molecule has 88 valence electrons. The molecule has 1 rings (SSSR count). The second-order valence-corrected chi connectivity index (χ2v) is 3.56. The van der Waals surface area contributed by atoms with Crippen molar-refractivity contribution in [3.05, 3.63) is 27.5 Å². The van der Waals surface area contributed by atoms with Crippen molar-refractivity contribution >= 4 is 22.2 Å². The average Bonchev–Trinajstić information content (AvgIpc) is 2.14. The van der Waals surface area contributed by atoms with Crippen molar-refractivity contribution in [3.63, 3.8) is 0 Å². The maximum absolute atomic E-state index is 12.4. The summed E-state index contributed by atoms with van der Waals surface area (Å²) in [6, 6.07) is 0.738. The minimum atomic E-state index is -4.96. The second-order valence-electron chi connectivity index (χ2n) is 2.71. The van der Waals surface area contributed by atoms with Gasteiger partial charge < -0.3 is 0 Å². The third kappa shape index (κ3) is 2.55. The van der Waals surface area contributed by atoms with Gasteiger partial charge in [0.2, 0.25) is 0 Å². The van der Waals surface area contributed by atoms with Crippen molar-refractivity contribution in [1.29, 1.82) is 0 Å². The van der Waals surface area contributed by atoms with E-state index in [2.05, 4.69) is 20.9 Å². The molecule has 0 aliphatic rings. The number of pyridine rings is 1. The predicted octanol–water partition coefficient (Wildman–Crippen LogP) is 3.61. The van der Waals surface area contributed by atoms with Gasteiger partial charge in [0.15, 0.2) is 6.29 Å². The van der Waals surface area contributed by atoms with E-state index in [1.165, 1.54) is 0 Å². The van der Waals surface area contributed by atoms with Crippen LogP contribution in [0.2, 0.25) is 0 Å². The van der Waals surface area contributed by atoms with Crippen LogP contribution < -0.4 is 0 Å². The molecule has 2 nitrogen and oxygen atoms in total. The van der Waals surface area contributed by atoms with Crippen molar-refractivity contribution in [2.24, 2.45) is 0 Å². The molecule has 1 aromatic heterocycles. The molecular weight excluding hydrogens is 301 g/mol. The van der Waals surface area contributed by atoms with Crippen LogP contribution in [0.25, 0.3) is 0 Å². The van der Waals surface area contributed by atoms with Crippen LogP contribution in [-0.4, -0.2) is 11.3 Å². The van der Waals surface area contributed by atoms with Crippen molar-refractivity contribution < 1.29 is 26.7 Å². The van der Waals surface area contributed by atoms with Gasteiger partial charge in [0, 0.05) is 4.47 Å². The molecule has 0 N–H and O–H groups in total. The molecule has 0 aromatic carbocycles. The van der Waals surface area contributed by atoms with Crippen molar-refractivity contribution in [2.75, 3.05) is 0 Å². The molecule has 0 aliphatic heterocycles. The van der Waals surface area contributed by atoms with Gasteiger partial charge >= 0.3 is 6.18 Å². The van der Waals surface area contributed by atoms with Crippen molar-refractivity contribution in [1.82, 2.24) is 4.98 Å². The van der Waals surface area contributed by atoms with Gasteiger partial charge in [-0.3, -0.25) is 4.79 Å². The molecule has 8 heteroatoms. The quantitative estimate of drug-likeness (QED) is 0.617. The minimum Gasteiger partial charge on any atom is -0.296 e. The highest BCUT2D eigenvalue weighted by molar-refractivity contribution is 9.10. The first-order valence-corrected chi connectivity index (χ1v) is 4.57. The van der Waals surface area contributed by atoms with Gasteiger partial charge in [0.05, 0.1) is 5.56 Å². The largest absolute Gasteiger partial charge is 0.419 e. The fraction of sp³-hybridized carbons (Fsp3) is 0.250. The molecule has 0 saturated heterocycles. The summed E-state index contributed by atoms with van der Waals surface area (Å²) in [5, 5.41) is 0. The Morgan fingerprint density at radius 3 is 2.31 bits per heavy atom. The number of hydrogen-bond acceptors (Lipinski definition) is 2. The smallest absolute Gasteiger partial charge is 0.296 e. The van der Waals surface area contributed by atoms with Crippen LogP contribution in [0.1, 0.15) is 28.2 Å². The van der Waals surface area contributed by atoms with E-state index in [-0.39, 0.29) is 6.29 Å². The topological polar surface area (TPSA) is 30.0 Å². The number of carbonyl (C=O) groups is 1. The third-order valence-electron chi connectivity index (χ3n) is 1.63. The monoisotopic (exact) mass is 303 g/mol. The lowest BCUT2D eigenvalue weighted by atomic mass is 10.1. The van der Waals surface area contributed by atoms with Gasteiger partial charge in [0.1, 0.15) is 11.4 Å². The Kier molecular flexibility index (Phi) is 3.61. The number of carbonyl (C=O) groups excluding carboxylic acids is 1. The van der Waals surface area contributed by atoms with E-state index in [0.717, 1.165) is 6.07 Å². The highest BCUT2D eigenvalue weighted by atomic mass is 79.9. The lowest BCUT2D eigenvalue weighted by Gasteiger charge is -2.13. The van der Waals surface area contributed by atoms with Crippen LogP contribution in [-0.2, 0) is 6.18 Å². The van der Waals surface area contributed by atoms with Gasteiger partial charge in [-0.15, -0.1) is 0 Å². The van der Waals surface area contributed by atoms with E-state index < -0.39 is 34.0 Å². The second kappa shape index (κ2) is 4.44. The molecule has 0 radical (unpaired) electrons.